The molecule has 180 valence electrons. The number of hydrogen-bond acceptors (Lipinski definition) is 6. The molecule has 0 N–H and O–H groups in total. The van der Waals surface area contributed by atoms with Crippen LogP contribution in [0.25, 0.3) is 0 Å². The van der Waals surface area contributed by atoms with E-state index in [9.17, 15) is 22.6 Å². The molecule has 4 aliphatic heterocycles. The predicted molar refractivity (Wildman–Crippen MR) is 128 cm³/mol. The number of carbonyl (C=O) groups excluding carboxylic acids is 2. The molecule has 1 aromatic carbocycles. The van der Waals surface area contributed by atoms with Gasteiger partial charge in [-0.15, -0.1) is 0 Å². The zero-order valence-corrected chi connectivity index (χ0v) is 20.2. The average molecular weight is 484 g/mol. The van der Waals surface area contributed by atoms with Gasteiger partial charge in [-0.3, -0.25) is 9.59 Å². The van der Waals surface area contributed by atoms with E-state index in [1.165, 1.54) is 37.8 Å². The second-order valence-corrected chi connectivity index (χ2v) is 12.6. The van der Waals surface area contributed by atoms with E-state index in [1.54, 1.807) is 12.1 Å². The summed E-state index contributed by atoms with van der Waals surface area (Å²) in [6.45, 7) is 1.82. The maximum atomic E-state index is 11.2. The van der Waals surface area contributed by atoms with Gasteiger partial charge in [-0.25, -0.2) is 8.42 Å². The molecule has 4 unspecified atom stereocenters. The summed E-state index contributed by atoms with van der Waals surface area (Å²) in [6.07, 6.45) is 8.52. The smallest absolute Gasteiger partial charge is 0.144 e. The summed E-state index contributed by atoms with van der Waals surface area (Å²) in [7, 11) is 0.276. The largest absolute Gasteiger partial charge is 0.744 e. The zero-order chi connectivity index (χ0) is 22.8. The topological polar surface area (TPSA) is 91.3 Å². The summed E-state index contributed by atoms with van der Waals surface area (Å²) in [6, 6.07) is 7.06. The molecule has 0 radical (unpaired) electrons. The van der Waals surface area contributed by atoms with Gasteiger partial charge in [-0.1, -0.05) is 25.1 Å². The molecule has 0 saturated carbocycles. The number of carbonyl (C=O) groups is 2. The molecule has 5 rings (SSSR count). The fourth-order valence-corrected chi connectivity index (χ4v) is 7.13. The minimum absolute atomic E-state index is 0. The number of ketones is 2. The van der Waals surface area contributed by atoms with Gasteiger partial charge in [-0.05, 0) is 31.9 Å². The standard InChI is InChI=1S/C9H16NO.C7H8O3S.C7H10OS.CH4/c1-10(2)7-3-4-8(10)6-9(11)5-7;1-6-2-4-7(5-3-6)11(8,9)10;8-5-3-6-1-2-7(4-5)9-6;/h7-8H,3-6H2,1-2H3;2-5H,1H3,(H,8,9,10);6-7H,1-4H2;1H4/q+1;;;/p-1. The molecule has 4 bridgehead atoms. The second-order valence-electron chi connectivity index (χ2n) is 9.63. The lowest BCUT2D eigenvalue weighted by molar-refractivity contribution is -0.926. The molecular formula is C24H37NO5S2. The minimum atomic E-state index is -4.27. The third kappa shape index (κ3) is 6.89. The van der Waals surface area contributed by atoms with E-state index < -0.39 is 10.1 Å². The molecule has 1 aromatic rings. The van der Waals surface area contributed by atoms with E-state index in [4.69, 9.17) is 0 Å². The van der Waals surface area contributed by atoms with Crippen LogP contribution in [-0.2, 0) is 19.7 Å². The fraction of sp³-hybridized carbons (Fsp3) is 0.667. The molecule has 4 atom stereocenters. The van der Waals surface area contributed by atoms with Crippen molar-refractivity contribution in [1.29, 1.82) is 0 Å². The molecule has 4 saturated heterocycles. The first-order valence-electron chi connectivity index (χ1n) is 11.0. The molecule has 4 heterocycles. The number of rotatable bonds is 1. The first-order chi connectivity index (χ1) is 14.4. The molecule has 32 heavy (non-hydrogen) atoms. The lowest BCUT2D eigenvalue weighted by atomic mass is 10.00. The lowest BCUT2D eigenvalue weighted by Gasteiger charge is -2.40. The summed E-state index contributed by atoms with van der Waals surface area (Å²) in [5.41, 5.74) is 0.928. The Kier molecular flexibility index (Phi) is 9.13. The third-order valence-electron chi connectivity index (χ3n) is 7.06. The maximum absolute atomic E-state index is 11.2. The molecule has 6 nitrogen and oxygen atoms in total. The molecule has 4 fully saturated rings. The highest BCUT2D eigenvalue weighted by Crippen LogP contribution is 2.41. The van der Waals surface area contributed by atoms with Crippen LogP contribution in [0.1, 0.15) is 64.4 Å². The number of thioether (sulfide) groups is 1. The van der Waals surface area contributed by atoms with E-state index in [0.717, 1.165) is 35.7 Å². The highest BCUT2D eigenvalue weighted by atomic mass is 32.2. The lowest BCUT2D eigenvalue weighted by Crippen LogP contribution is -2.54. The van der Waals surface area contributed by atoms with Crippen LogP contribution in [-0.4, -0.2) is 65.7 Å². The number of Topliss-reactive ketones (excluding diaryl/α,β-unsaturated/α-hetero) is 2. The Labute approximate surface area is 197 Å². The van der Waals surface area contributed by atoms with Crippen LogP contribution in [0.4, 0.5) is 0 Å². The van der Waals surface area contributed by atoms with Crippen LogP contribution in [0.3, 0.4) is 0 Å². The summed E-state index contributed by atoms with van der Waals surface area (Å²) >= 11 is 2.04. The first kappa shape index (κ1) is 27.0. The fourth-order valence-electron chi connectivity index (χ4n) is 5.01. The summed E-state index contributed by atoms with van der Waals surface area (Å²) < 4.78 is 32.3. The number of benzene rings is 1. The molecule has 8 heteroatoms. The van der Waals surface area contributed by atoms with Crippen molar-refractivity contribution in [2.45, 2.75) is 93.2 Å². The van der Waals surface area contributed by atoms with E-state index in [1.807, 2.05) is 18.7 Å². The van der Waals surface area contributed by atoms with Crippen molar-refractivity contribution in [3.63, 3.8) is 0 Å². The Morgan fingerprint density at radius 2 is 1.28 bits per heavy atom. The van der Waals surface area contributed by atoms with Crippen molar-refractivity contribution in [3.8, 4) is 0 Å². The Hall–Kier alpha value is -1.22. The van der Waals surface area contributed by atoms with Crippen molar-refractivity contribution >= 4 is 33.4 Å². The Morgan fingerprint density at radius 1 is 0.844 bits per heavy atom. The van der Waals surface area contributed by atoms with Crippen LogP contribution >= 0.6 is 11.8 Å². The number of nitrogens with zero attached hydrogens (tertiary/aromatic N) is 1. The van der Waals surface area contributed by atoms with E-state index >= 15 is 0 Å². The van der Waals surface area contributed by atoms with Crippen molar-refractivity contribution in [1.82, 2.24) is 0 Å². The van der Waals surface area contributed by atoms with Gasteiger partial charge in [0.1, 0.15) is 21.7 Å². The Balaban J connectivity index is 0.000000168. The Bertz CT molecular complexity index is 879. The first-order valence-corrected chi connectivity index (χ1v) is 13.3. The van der Waals surface area contributed by atoms with Crippen LogP contribution in [0, 0.1) is 6.92 Å². The minimum Gasteiger partial charge on any atom is -0.744 e. The van der Waals surface area contributed by atoms with Gasteiger partial charge in [0.15, 0.2) is 0 Å². The molecule has 0 spiro atoms. The summed E-state index contributed by atoms with van der Waals surface area (Å²) in [5.74, 6) is 0.996. The van der Waals surface area contributed by atoms with Crippen molar-refractivity contribution in [2.24, 2.45) is 0 Å². The maximum Gasteiger partial charge on any atom is 0.144 e. The normalized spacial score (nSPS) is 29.8. The number of fused-ring (bicyclic) bond motifs is 4. The SMILES string of the molecule is C.C[N+]1(C)C2CCC1CC(=O)C2.Cc1ccc(S(=O)(=O)[O-])cc1.O=C1CC2CCC(C1)S2. The summed E-state index contributed by atoms with van der Waals surface area (Å²) in [5, 5.41) is 1.41. The van der Waals surface area contributed by atoms with E-state index in [0.29, 0.717) is 34.2 Å². The predicted octanol–water partition coefficient (Wildman–Crippen LogP) is 4.11. The Morgan fingerprint density at radius 3 is 1.72 bits per heavy atom. The summed E-state index contributed by atoms with van der Waals surface area (Å²) in [4.78, 5) is 21.9. The van der Waals surface area contributed by atoms with Gasteiger partial charge in [-0.2, -0.15) is 11.8 Å². The third-order valence-corrected chi connectivity index (χ3v) is 9.48. The van der Waals surface area contributed by atoms with Gasteiger partial charge >= 0.3 is 0 Å². The van der Waals surface area contributed by atoms with Crippen molar-refractivity contribution in [2.75, 3.05) is 14.1 Å². The molecule has 4 aliphatic rings. The van der Waals surface area contributed by atoms with Crippen LogP contribution in [0.15, 0.2) is 29.2 Å². The monoisotopic (exact) mass is 483 g/mol. The van der Waals surface area contributed by atoms with Gasteiger partial charge in [0.25, 0.3) is 0 Å². The number of quaternary nitrogens is 1. The highest BCUT2D eigenvalue weighted by Gasteiger charge is 2.48. The van der Waals surface area contributed by atoms with Gasteiger partial charge in [0, 0.05) is 36.2 Å². The molecule has 0 aliphatic carbocycles. The van der Waals surface area contributed by atoms with Gasteiger partial charge in [0.2, 0.25) is 0 Å². The second kappa shape index (κ2) is 10.8. The average Bonchev–Trinajstić information content (AvgIpc) is 3.04. The molecule has 0 amide bonds. The highest BCUT2D eigenvalue weighted by molar-refractivity contribution is 8.00. The van der Waals surface area contributed by atoms with Crippen molar-refractivity contribution in [3.05, 3.63) is 29.8 Å². The number of aryl methyl sites for hydroxylation is 1. The van der Waals surface area contributed by atoms with E-state index in [2.05, 4.69) is 14.1 Å². The quantitative estimate of drug-likeness (QED) is 0.441. The van der Waals surface area contributed by atoms with Gasteiger partial charge < -0.3 is 9.04 Å². The van der Waals surface area contributed by atoms with Crippen LogP contribution < -0.4 is 0 Å². The number of hydrogen-bond donors (Lipinski definition) is 0. The van der Waals surface area contributed by atoms with Crippen LogP contribution in [0.5, 0.6) is 0 Å². The molecular weight excluding hydrogens is 446 g/mol. The zero-order valence-electron chi connectivity index (χ0n) is 18.6. The van der Waals surface area contributed by atoms with Gasteiger partial charge in [0.05, 0.1) is 43.9 Å². The molecule has 0 aromatic heterocycles. The van der Waals surface area contributed by atoms with Crippen molar-refractivity contribution < 1.29 is 27.0 Å². The number of piperidine rings is 1. The van der Waals surface area contributed by atoms with E-state index in [-0.39, 0.29) is 12.3 Å². The van der Waals surface area contributed by atoms with Crippen LogP contribution in [0.2, 0.25) is 0 Å².